The summed E-state index contributed by atoms with van der Waals surface area (Å²) >= 11 is 1.81. The summed E-state index contributed by atoms with van der Waals surface area (Å²) in [6.07, 6.45) is 8.17. The average molecular weight is 266 g/mol. The van der Waals surface area contributed by atoms with E-state index in [1.54, 1.807) is 0 Å². The van der Waals surface area contributed by atoms with Gasteiger partial charge in [-0.05, 0) is 37.6 Å². The SMILES string of the molecule is CCNC1(c2nccs2)CCCC12CCOCC2. The molecule has 1 saturated carbocycles. The summed E-state index contributed by atoms with van der Waals surface area (Å²) in [5, 5.41) is 7.22. The maximum absolute atomic E-state index is 5.60. The molecule has 100 valence electrons. The largest absolute Gasteiger partial charge is 0.381 e. The van der Waals surface area contributed by atoms with E-state index in [9.17, 15) is 0 Å². The molecule has 18 heavy (non-hydrogen) atoms. The Kier molecular flexibility index (Phi) is 3.43. The molecule has 4 heteroatoms. The predicted octanol–water partition coefficient (Wildman–Crippen LogP) is 2.93. The number of hydrogen-bond acceptors (Lipinski definition) is 4. The first-order valence-electron chi connectivity index (χ1n) is 7.06. The van der Waals surface area contributed by atoms with E-state index >= 15 is 0 Å². The molecule has 1 spiro atoms. The van der Waals surface area contributed by atoms with Crippen molar-refractivity contribution in [3.05, 3.63) is 16.6 Å². The summed E-state index contributed by atoms with van der Waals surface area (Å²) in [5.74, 6) is 0. The third-order valence-electron chi connectivity index (χ3n) is 4.84. The first kappa shape index (κ1) is 12.6. The van der Waals surface area contributed by atoms with E-state index in [4.69, 9.17) is 4.74 Å². The van der Waals surface area contributed by atoms with E-state index in [0.29, 0.717) is 5.41 Å². The Morgan fingerprint density at radius 3 is 2.83 bits per heavy atom. The van der Waals surface area contributed by atoms with Crippen molar-refractivity contribution in [1.82, 2.24) is 10.3 Å². The Balaban J connectivity index is 2.01. The van der Waals surface area contributed by atoms with Gasteiger partial charge in [0.2, 0.25) is 0 Å². The van der Waals surface area contributed by atoms with Crippen LogP contribution in [0, 0.1) is 5.41 Å². The lowest BCUT2D eigenvalue weighted by atomic mass is 9.67. The highest BCUT2D eigenvalue weighted by atomic mass is 32.1. The number of nitrogens with one attached hydrogen (secondary N) is 1. The third-order valence-corrected chi connectivity index (χ3v) is 5.77. The Morgan fingerprint density at radius 1 is 1.33 bits per heavy atom. The highest BCUT2D eigenvalue weighted by Gasteiger charge is 2.56. The van der Waals surface area contributed by atoms with Gasteiger partial charge in [0.15, 0.2) is 0 Å². The minimum absolute atomic E-state index is 0.111. The van der Waals surface area contributed by atoms with Gasteiger partial charge in [0, 0.05) is 24.8 Å². The fourth-order valence-electron chi connectivity index (χ4n) is 4.03. The number of ether oxygens (including phenoxy) is 1. The maximum Gasteiger partial charge on any atom is 0.113 e. The molecule has 0 bridgehead atoms. The van der Waals surface area contributed by atoms with Crippen LogP contribution in [0.3, 0.4) is 0 Å². The standard InChI is InChI=1S/C14H22N2OS/c1-2-16-14(12-15-8-11-18-12)5-3-4-13(14)6-9-17-10-7-13/h8,11,16H,2-7,9-10H2,1H3. The lowest BCUT2D eigenvalue weighted by Gasteiger charge is -2.47. The van der Waals surface area contributed by atoms with E-state index in [0.717, 1.165) is 19.8 Å². The zero-order valence-corrected chi connectivity index (χ0v) is 11.9. The summed E-state index contributed by atoms with van der Waals surface area (Å²) in [7, 11) is 0. The van der Waals surface area contributed by atoms with Crippen LogP contribution in [0.5, 0.6) is 0 Å². The van der Waals surface area contributed by atoms with Crippen molar-refractivity contribution < 1.29 is 4.74 Å². The fraction of sp³-hybridized carbons (Fsp3) is 0.786. The summed E-state index contributed by atoms with van der Waals surface area (Å²) in [5.41, 5.74) is 0.485. The molecule has 1 aromatic rings. The molecule has 1 aliphatic carbocycles. The molecule has 3 nitrogen and oxygen atoms in total. The zero-order valence-electron chi connectivity index (χ0n) is 11.1. The van der Waals surface area contributed by atoms with E-state index in [2.05, 4.69) is 22.6 Å². The summed E-state index contributed by atoms with van der Waals surface area (Å²) in [4.78, 5) is 4.65. The van der Waals surface area contributed by atoms with Gasteiger partial charge in [0.25, 0.3) is 0 Å². The van der Waals surface area contributed by atoms with Crippen LogP contribution in [0.4, 0.5) is 0 Å². The van der Waals surface area contributed by atoms with Crippen LogP contribution in [-0.4, -0.2) is 24.7 Å². The van der Waals surface area contributed by atoms with Crippen molar-refractivity contribution in [2.45, 2.75) is 44.6 Å². The van der Waals surface area contributed by atoms with Crippen LogP contribution in [0.25, 0.3) is 0 Å². The number of nitrogens with zero attached hydrogens (tertiary/aromatic N) is 1. The summed E-state index contributed by atoms with van der Waals surface area (Å²) < 4.78 is 5.60. The van der Waals surface area contributed by atoms with Crippen LogP contribution in [-0.2, 0) is 10.3 Å². The molecule has 0 aromatic carbocycles. The van der Waals surface area contributed by atoms with Crippen molar-refractivity contribution in [3.8, 4) is 0 Å². The van der Waals surface area contributed by atoms with E-state index in [-0.39, 0.29) is 5.54 Å². The van der Waals surface area contributed by atoms with E-state index < -0.39 is 0 Å². The first-order valence-corrected chi connectivity index (χ1v) is 7.94. The van der Waals surface area contributed by atoms with Gasteiger partial charge >= 0.3 is 0 Å². The maximum atomic E-state index is 5.60. The summed E-state index contributed by atoms with van der Waals surface area (Å²) in [6, 6.07) is 0. The molecule has 1 aliphatic heterocycles. The molecule has 1 saturated heterocycles. The topological polar surface area (TPSA) is 34.2 Å². The molecule has 1 aromatic heterocycles. The molecule has 1 atom stereocenters. The van der Waals surface area contributed by atoms with Gasteiger partial charge in [-0.25, -0.2) is 4.98 Å². The highest BCUT2D eigenvalue weighted by molar-refractivity contribution is 7.09. The first-order chi connectivity index (χ1) is 8.83. The van der Waals surface area contributed by atoms with Crippen molar-refractivity contribution in [2.75, 3.05) is 19.8 Å². The Bertz CT molecular complexity index is 387. The lowest BCUT2D eigenvalue weighted by Crippen LogP contribution is -2.54. The van der Waals surface area contributed by atoms with Gasteiger partial charge in [-0.1, -0.05) is 13.3 Å². The Hall–Kier alpha value is -0.450. The molecule has 0 amide bonds. The lowest BCUT2D eigenvalue weighted by molar-refractivity contribution is -0.0295. The molecule has 3 rings (SSSR count). The monoisotopic (exact) mass is 266 g/mol. The van der Waals surface area contributed by atoms with Crippen molar-refractivity contribution in [3.63, 3.8) is 0 Å². The predicted molar refractivity (Wildman–Crippen MR) is 73.8 cm³/mol. The van der Waals surface area contributed by atoms with Gasteiger partial charge < -0.3 is 10.1 Å². The second-order valence-corrected chi connectivity index (χ2v) is 6.41. The van der Waals surface area contributed by atoms with Crippen molar-refractivity contribution in [2.24, 2.45) is 5.41 Å². The minimum Gasteiger partial charge on any atom is -0.381 e. The van der Waals surface area contributed by atoms with Gasteiger partial charge in [0.1, 0.15) is 5.01 Å². The normalized spacial score (nSPS) is 30.9. The zero-order chi connectivity index (χ0) is 12.5. The molecule has 1 N–H and O–H groups in total. The average Bonchev–Trinajstić information content (AvgIpc) is 3.01. The minimum atomic E-state index is 0.111. The molecule has 2 heterocycles. The molecule has 2 aliphatic rings. The molecular formula is C14H22N2OS. The Labute approximate surface area is 113 Å². The number of rotatable bonds is 3. The molecule has 1 unspecified atom stereocenters. The second kappa shape index (κ2) is 4.91. The van der Waals surface area contributed by atoms with Crippen LogP contribution in [0.2, 0.25) is 0 Å². The second-order valence-electron chi connectivity index (χ2n) is 5.52. The van der Waals surface area contributed by atoms with Crippen LogP contribution >= 0.6 is 11.3 Å². The van der Waals surface area contributed by atoms with E-state index in [1.807, 2.05) is 17.5 Å². The summed E-state index contributed by atoms with van der Waals surface area (Å²) in [6.45, 7) is 5.06. The van der Waals surface area contributed by atoms with Crippen molar-refractivity contribution >= 4 is 11.3 Å². The van der Waals surface area contributed by atoms with Gasteiger partial charge in [-0.3, -0.25) is 0 Å². The number of hydrogen-bond donors (Lipinski definition) is 1. The van der Waals surface area contributed by atoms with E-state index in [1.165, 1.54) is 37.1 Å². The third kappa shape index (κ3) is 1.74. The van der Waals surface area contributed by atoms with Crippen LogP contribution in [0.1, 0.15) is 44.0 Å². The van der Waals surface area contributed by atoms with Gasteiger partial charge in [0.05, 0.1) is 5.54 Å². The van der Waals surface area contributed by atoms with Crippen LogP contribution in [0.15, 0.2) is 11.6 Å². The smallest absolute Gasteiger partial charge is 0.113 e. The number of thiazole rings is 1. The fourth-order valence-corrected chi connectivity index (χ4v) is 4.99. The molecule has 0 radical (unpaired) electrons. The van der Waals surface area contributed by atoms with Crippen molar-refractivity contribution in [1.29, 1.82) is 0 Å². The number of aromatic nitrogens is 1. The molecule has 2 fully saturated rings. The Morgan fingerprint density at radius 2 is 2.17 bits per heavy atom. The van der Waals surface area contributed by atoms with Crippen LogP contribution < -0.4 is 5.32 Å². The highest BCUT2D eigenvalue weighted by Crippen LogP contribution is 2.58. The molecular weight excluding hydrogens is 244 g/mol. The van der Waals surface area contributed by atoms with Gasteiger partial charge in [-0.2, -0.15) is 0 Å². The van der Waals surface area contributed by atoms with Gasteiger partial charge in [-0.15, -0.1) is 11.3 Å². The quantitative estimate of drug-likeness (QED) is 0.913.